The number of anilines is 1. The summed E-state index contributed by atoms with van der Waals surface area (Å²) in [5.41, 5.74) is 1.20. The Labute approximate surface area is 152 Å². The number of rotatable bonds is 5. The first-order chi connectivity index (χ1) is 11.5. The number of benzene rings is 1. The second-order valence-electron chi connectivity index (χ2n) is 7.04. The van der Waals surface area contributed by atoms with Crippen molar-refractivity contribution in [2.45, 2.75) is 51.0 Å². The third-order valence-corrected chi connectivity index (χ3v) is 5.74. The predicted molar refractivity (Wildman–Crippen MR) is 101 cm³/mol. The Morgan fingerprint density at radius 3 is 2.24 bits per heavy atom. The molecule has 0 saturated carbocycles. The quantitative estimate of drug-likeness (QED) is 0.831. The molecule has 1 aromatic heterocycles. The zero-order valence-corrected chi connectivity index (χ0v) is 16.6. The lowest BCUT2D eigenvalue weighted by Gasteiger charge is -2.14. The maximum atomic E-state index is 12.3. The monoisotopic (exact) mass is 381 g/mol. The van der Waals surface area contributed by atoms with E-state index in [1.165, 1.54) is 35.6 Å². The molecular formula is C17H23N3O3S2. The minimum Gasteiger partial charge on any atom is -0.298 e. The first kappa shape index (κ1) is 19.6. The Bertz CT molecular complexity index is 848. The van der Waals surface area contributed by atoms with E-state index in [1.807, 2.05) is 5.38 Å². The van der Waals surface area contributed by atoms with Crippen molar-refractivity contribution < 1.29 is 13.2 Å². The normalized spacial score (nSPS) is 12.4. The average Bonchev–Trinajstić information content (AvgIpc) is 2.94. The first-order valence-corrected chi connectivity index (χ1v) is 10.2. The predicted octanol–water partition coefficient (Wildman–Crippen LogP) is 3.38. The highest BCUT2D eigenvalue weighted by Gasteiger charge is 2.19. The molecule has 1 amide bonds. The number of thiazole rings is 1. The van der Waals surface area contributed by atoms with E-state index in [0.717, 1.165) is 5.69 Å². The van der Waals surface area contributed by atoms with Gasteiger partial charge < -0.3 is 0 Å². The fourth-order valence-corrected chi connectivity index (χ4v) is 4.19. The summed E-state index contributed by atoms with van der Waals surface area (Å²) in [5.74, 6) is -0.324. The van der Waals surface area contributed by atoms with Gasteiger partial charge in [0, 0.05) is 22.4 Å². The van der Waals surface area contributed by atoms with Crippen molar-refractivity contribution in [1.82, 2.24) is 9.71 Å². The van der Waals surface area contributed by atoms with E-state index in [4.69, 9.17) is 0 Å². The highest BCUT2D eigenvalue weighted by molar-refractivity contribution is 7.89. The van der Waals surface area contributed by atoms with Crippen LogP contribution in [-0.4, -0.2) is 25.4 Å². The number of nitrogens with one attached hydrogen (secondary N) is 2. The van der Waals surface area contributed by atoms with Crippen LogP contribution in [-0.2, 0) is 15.4 Å². The number of hydrogen-bond donors (Lipinski definition) is 2. The fraction of sp³-hybridized carbons (Fsp3) is 0.412. The zero-order chi connectivity index (χ0) is 18.8. The molecule has 0 bridgehead atoms. The fourth-order valence-electron chi connectivity index (χ4n) is 2.01. The van der Waals surface area contributed by atoms with Crippen LogP contribution in [0.1, 0.15) is 50.7 Å². The molecule has 0 aliphatic rings. The van der Waals surface area contributed by atoms with Crippen molar-refractivity contribution in [2.24, 2.45) is 0 Å². The van der Waals surface area contributed by atoms with Crippen LogP contribution in [0.5, 0.6) is 0 Å². The van der Waals surface area contributed by atoms with Gasteiger partial charge >= 0.3 is 0 Å². The summed E-state index contributed by atoms with van der Waals surface area (Å²) in [6, 6.07) is 5.62. The molecule has 8 heteroatoms. The van der Waals surface area contributed by atoms with Gasteiger partial charge in [0.2, 0.25) is 10.0 Å². The molecular weight excluding hydrogens is 358 g/mol. The van der Waals surface area contributed by atoms with E-state index in [2.05, 4.69) is 35.8 Å². The van der Waals surface area contributed by atoms with Gasteiger partial charge in [-0.15, -0.1) is 11.3 Å². The van der Waals surface area contributed by atoms with E-state index in [1.54, 1.807) is 13.8 Å². The first-order valence-electron chi connectivity index (χ1n) is 7.89. The van der Waals surface area contributed by atoms with Crippen LogP contribution in [0.3, 0.4) is 0 Å². The van der Waals surface area contributed by atoms with Crippen molar-refractivity contribution in [1.29, 1.82) is 0 Å². The van der Waals surface area contributed by atoms with Crippen LogP contribution in [0.2, 0.25) is 0 Å². The smallest absolute Gasteiger partial charge is 0.257 e. The summed E-state index contributed by atoms with van der Waals surface area (Å²) in [7, 11) is -3.57. The largest absolute Gasteiger partial charge is 0.298 e. The molecule has 0 atom stereocenters. The van der Waals surface area contributed by atoms with Crippen molar-refractivity contribution in [3.05, 3.63) is 40.9 Å². The van der Waals surface area contributed by atoms with Crippen LogP contribution >= 0.6 is 11.3 Å². The van der Waals surface area contributed by atoms with Crippen LogP contribution in [0.15, 0.2) is 34.5 Å². The van der Waals surface area contributed by atoms with Crippen molar-refractivity contribution >= 4 is 32.4 Å². The van der Waals surface area contributed by atoms with Gasteiger partial charge in [-0.05, 0) is 38.1 Å². The second kappa shape index (κ2) is 7.23. The lowest BCUT2D eigenvalue weighted by atomic mass is 9.93. The number of sulfonamides is 1. The third-order valence-electron chi connectivity index (χ3n) is 3.31. The Kier molecular flexibility index (Phi) is 5.65. The molecule has 6 nitrogen and oxygen atoms in total. The van der Waals surface area contributed by atoms with Gasteiger partial charge in [0.25, 0.3) is 5.91 Å². The number of amides is 1. The molecule has 2 N–H and O–H groups in total. The average molecular weight is 382 g/mol. The number of nitrogens with zero attached hydrogens (tertiary/aromatic N) is 1. The maximum absolute atomic E-state index is 12.3. The summed E-state index contributed by atoms with van der Waals surface area (Å²) in [6.45, 7) is 9.66. The van der Waals surface area contributed by atoms with Crippen molar-refractivity contribution in [2.75, 3.05) is 5.32 Å². The third kappa shape index (κ3) is 5.10. The molecule has 0 radical (unpaired) electrons. The standard InChI is InChI=1S/C17H23N3O3S2/c1-11(2)20-25(22,23)13-8-6-12(7-9-13)15(21)19-16-18-14(10-24-16)17(3,4)5/h6-11,20H,1-5H3,(H,18,19,21). The van der Waals surface area contributed by atoms with Gasteiger partial charge in [-0.3, -0.25) is 10.1 Å². The Morgan fingerprint density at radius 2 is 1.76 bits per heavy atom. The number of hydrogen-bond acceptors (Lipinski definition) is 5. The lowest BCUT2D eigenvalue weighted by Crippen LogP contribution is -2.30. The van der Waals surface area contributed by atoms with Gasteiger partial charge in [0.15, 0.2) is 5.13 Å². The molecule has 0 spiro atoms. The summed E-state index contributed by atoms with van der Waals surface area (Å²) in [6.07, 6.45) is 0. The Balaban J connectivity index is 2.12. The number of aromatic nitrogens is 1. The summed E-state index contributed by atoms with van der Waals surface area (Å²) in [5, 5.41) is 5.19. The van der Waals surface area contributed by atoms with Crippen LogP contribution in [0.25, 0.3) is 0 Å². The SMILES string of the molecule is CC(C)NS(=O)(=O)c1ccc(C(=O)Nc2nc(C(C)(C)C)cs2)cc1. The van der Waals surface area contributed by atoms with Crippen LogP contribution in [0, 0.1) is 0 Å². The van der Waals surface area contributed by atoms with E-state index >= 15 is 0 Å². The molecule has 136 valence electrons. The van der Waals surface area contributed by atoms with E-state index in [9.17, 15) is 13.2 Å². The zero-order valence-electron chi connectivity index (χ0n) is 15.0. The van der Waals surface area contributed by atoms with E-state index in [0.29, 0.717) is 10.7 Å². The number of carbonyl (C=O) groups excluding carboxylic acids is 1. The molecule has 0 aliphatic heterocycles. The van der Waals surface area contributed by atoms with Crippen molar-refractivity contribution in [3.63, 3.8) is 0 Å². The van der Waals surface area contributed by atoms with E-state index in [-0.39, 0.29) is 22.3 Å². The van der Waals surface area contributed by atoms with Gasteiger partial charge in [-0.1, -0.05) is 20.8 Å². The minimum absolute atomic E-state index is 0.0844. The van der Waals surface area contributed by atoms with Crippen molar-refractivity contribution in [3.8, 4) is 0 Å². The Morgan fingerprint density at radius 1 is 1.16 bits per heavy atom. The van der Waals surface area contributed by atoms with Gasteiger partial charge in [-0.2, -0.15) is 0 Å². The molecule has 0 fully saturated rings. The molecule has 0 aliphatic carbocycles. The Hall–Kier alpha value is -1.77. The molecule has 1 heterocycles. The topological polar surface area (TPSA) is 88.2 Å². The lowest BCUT2D eigenvalue weighted by molar-refractivity contribution is 0.102. The summed E-state index contributed by atoms with van der Waals surface area (Å²) < 4.78 is 26.7. The highest BCUT2D eigenvalue weighted by atomic mass is 32.2. The molecule has 2 aromatic rings. The molecule has 1 aromatic carbocycles. The summed E-state index contributed by atoms with van der Waals surface area (Å²) >= 11 is 1.36. The molecule has 0 unspecified atom stereocenters. The minimum atomic E-state index is -3.57. The molecule has 0 saturated heterocycles. The van der Waals surface area contributed by atoms with Crippen LogP contribution < -0.4 is 10.0 Å². The number of carbonyl (C=O) groups is 1. The van der Waals surface area contributed by atoms with Gasteiger partial charge in [0.05, 0.1) is 10.6 Å². The molecule has 25 heavy (non-hydrogen) atoms. The second-order valence-corrected chi connectivity index (χ2v) is 9.61. The van der Waals surface area contributed by atoms with Gasteiger partial charge in [0.1, 0.15) is 0 Å². The van der Waals surface area contributed by atoms with Crippen LogP contribution in [0.4, 0.5) is 5.13 Å². The van der Waals surface area contributed by atoms with Gasteiger partial charge in [-0.25, -0.2) is 18.1 Å². The summed E-state index contributed by atoms with van der Waals surface area (Å²) in [4.78, 5) is 16.8. The maximum Gasteiger partial charge on any atom is 0.257 e. The molecule has 2 rings (SSSR count). The van der Waals surface area contributed by atoms with E-state index < -0.39 is 10.0 Å². The highest BCUT2D eigenvalue weighted by Crippen LogP contribution is 2.26.